The number of aromatic hydroxyl groups is 29. The Hall–Kier alpha value is -19.2. The summed E-state index contributed by atoms with van der Waals surface area (Å²) in [4.78, 5) is 150. The predicted molar refractivity (Wildman–Crippen MR) is 414 cm³/mol. The molecule has 6 heterocycles. The summed E-state index contributed by atoms with van der Waals surface area (Å²) in [5, 5.41) is 333. The molecule has 0 aromatic heterocycles. The van der Waals surface area contributed by atoms with Crippen LogP contribution in [0.1, 0.15) is 115 Å². The Labute approximate surface area is 735 Å². The average Bonchev–Trinajstić information content (AvgIpc) is 0.738. The average molecular weight is 1870 g/mol. The van der Waals surface area contributed by atoms with Gasteiger partial charge in [-0.15, -0.1) is 0 Å². The van der Waals surface area contributed by atoms with Gasteiger partial charge in [0, 0.05) is 51.1 Å². The number of rotatable bonds is 11. The van der Waals surface area contributed by atoms with Gasteiger partial charge in [-0.3, -0.25) is 0 Å². The minimum Gasteiger partial charge on any atom is -0.504 e. The van der Waals surface area contributed by atoms with E-state index in [1.165, 1.54) is 0 Å². The number of aliphatic hydroxyl groups excluding tert-OH is 1. The lowest BCUT2D eigenvalue weighted by molar-refractivity contribution is -0.282. The van der Waals surface area contributed by atoms with Crippen molar-refractivity contribution in [3.05, 3.63) is 134 Å². The number of cyclic esters (lactones) is 3. The molecule has 1 fully saturated rings. The third-order valence-electron chi connectivity index (χ3n) is 21.2. The van der Waals surface area contributed by atoms with E-state index >= 15 is 19.2 Å². The maximum atomic E-state index is 15.6. The minimum atomic E-state index is -3.15. The van der Waals surface area contributed by atoms with Crippen molar-refractivity contribution in [2.75, 3.05) is 13.2 Å². The van der Waals surface area contributed by atoms with Gasteiger partial charge in [-0.05, 0) is 60.7 Å². The normalized spacial score (nSPS) is 19.5. The Balaban J connectivity index is 0.877. The summed E-state index contributed by atoms with van der Waals surface area (Å²) in [6, 6.07) is 3.20. The molecule has 0 amide bonds. The van der Waals surface area contributed by atoms with Crippen LogP contribution < -0.4 is 4.74 Å². The molecule has 0 unspecified atom stereocenters. The highest BCUT2D eigenvalue weighted by Crippen LogP contribution is 2.61. The standard InChI is InChI=1S/C82H56O52/c83-24-1-15(2-25(84)46(24)94)72(113)126-36-13-123-76(117)22-12-35(54(102)59(107)41(22)40-20(9-32(91)51(99)57(40)105)77(118)128-66(36)69-68-62(110)45-44(81(122)130-68)43(60(108)63(111)61(45)109)42-21(79(120)132-69)10-33(92)52(100)58(42)106)125-65-23(11-34(93)53(101)64(65)112)80(121)134-82-71(133-74(115)17-5-28(87)48(96)29(88)6-17)70(131-73(114)16-3-26(85)47(95)27(86)4-16)67-37(127-82)14-124-75(116)18-7-30(89)49(97)55(103)38(18)39-19(78(119)129-67)8-31(90)50(98)56(39)104/h1-12,36-37,62,66-71,82-112H,13-14H2/t36-,37-,62-,66-,67+,68-,69-,70-,71+,82+/m1/s1. The van der Waals surface area contributed by atoms with E-state index in [2.05, 4.69) is 0 Å². The second-order valence-electron chi connectivity index (χ2n) is 29.2. The smallest absolute Gasteiger partial charge is 0.344 e. The van der Waals surface area contributed by atoms with Gasteiger partial charge in [-0.2, -0.15) is 0 Å². The Kier molecular flexibility index (Phi) is 21.8. The van der Waals surface area contributed by atoms with Crippen molar-refractivity contribution in [3.8, 4) is 212 Å². The Morgan fingerprint density at radius 2 is 0.612 bits per heavy atom. The number of phenols is 29. The van der Waals surface area contributed by atoms with Crippen LogP contribution in [0.5, 0.6) is 178 Å². The number of esters is 10. The molecule has 1 saturated heterocycles. The largest absolute Gasteiger partial charge is 0.504 e. The minimum absolute atomic E-state index is 0.0534. The SMILES string of the molecule is O=C(O[C@H]1[C@H](OC(=O)c2cc(O)c(O)c(O)c2)[C@H](OC(=O)c2cc(O)c(O)c(O)c2Oc2cc3c(c(O)c2O)-c2c(cc(O)c(O)c2O)C(=O)O[C@@H]([C@H]2OC(=O)c4cc(O)c(O)c(O)c4-c4c(O)c(O)c(O)c5c4C(=O)O[C@@H]2[C@@H]5O)[C@H](OC(=O)c2cc(O)c(O)c(O)c2)COC3=O)O[C@@H]2COC(=O)c3cc(O)c(O)c(O)c3-c3c(cc(O)c(O)c3O)C(=O)O[C@H]12)c1cc(O)c(O)c(O)c1. The van der Waals surface area contributed by atoms with Gasteiger partial charge in [-0.1, -0.05) is 0 Å². The summed E-state index contributed by atoms with van der Waals surface area (Å²) in [5.41, 5.74) is -22.8. The van der Waals surface area contributed by atoms with E-state index in [0.717, 1.165) is 0 Å². The fraction of sp³-hybridized carbons (Fsp3) is 0.146. The van der Waals surface area contributed by atoms with Crippen molar-refractivity contribution < 1.29 is 258 Å². The lowest BCUT2D eigenvalue weighted by atomic mass is 9.82. The molecule has 10 atom stereocenters. The monoisotopic (exact) mass is 1870 g/mol. The van der Waals surface area contributed by atoms with Gasteiger partial charge in [0.2, 0.25) is 58.4 Å². The summed E-state index contributed by atoms with van der Waals surface area (Å²) < 4.78 is 68.3. The number of phenolic OH excluding ortho intramolecular Hbond substituents is 29. The van der Waals surface area contributed by atoms with E-state index in [-0.39, 0.29) is 30.3 Å². The highest BCUT2D eigenvalue weighted by atomic mass is 16.8. The second-order valence-corrected chi connectivity index (χ2v) is 29.2. The quantitative estimate of drug-likeness (QED) is 0.0501. The molecular weight excluding hydrogens is 1820 g/mol. The Bertz CT molecular complexity index is 6840. The highest BCUT2D eigenvalue weighted by molar-refractivity contribution is 6.13. The molecular formula is C82H56O52. The lowest BCUT2D eigenvalue weighted by Crippen LogP contribution is -2.63. The zero-order valence-corrected chi connectivity index (χ0v) is 65.5. The zero-order chi connectivity index (χ0) is 97.6. The fourth-order valence-corrected chi connectivity index (χ4v) is 14.8. The third kappa shape index (κ3) is 14.6. The molecule has 52 nitrogen and oxygen atoms in total. The maximum Gasteiger partial charge on any atom is 0.344 e. The van der Waals surface area contributed by atoms with Crippen molar-refractivity contribution in [2.45, 2.75) is 61.2 Å². The molecule has 16 rings (SSSR count). The highest BCUT2D eigenvalue weighted by Gasteiger charge is 2.58. The molecule has 10 aromatic rings. The molecule has 0 spiro atoms. The van der Waals surface area contributed by atoms with Crippen molar-refractivity contribution in [3.63, 3.8) is 0 Å². The van der Waals surface area contributed by atoms with Gasteiger partial charge in [0.1, 0.15) is 31.0 Å². The van der Waals surface area contributed by atoms with Crippen LogP contribution in [0, 0.1) is 0 Å². The number of aliphatic hydroxyl groups is 1. The van der Waals surface area contributed by atoms with Crippen molar-refractivity contribution >= 4 is 59.7 Å². The third-order valence-corrected chi connectivity index (χ3v) is 21.2. The molecule has 10 aromatic carbocycles. The first-order valence-electron chi connectivity index (χ1n) is 37.1. The number of carbonyl (C=O) groups excluding carboxylic acids is 10. The van der Waals surface area contributed by atoms with Gasteiger partial charge < -0.3 is 210 Å². The molecule has 696 valence electrons. The number of benzene rings is 10. The maximum absolute atomic E-state index is 15.6. The van der Waals surface area contributed by atoms with E-state index in [9.17, 15) is 182 Å². The van der Waals surface area contributed by atoms with Crippen LogP contribution in [-0.4, -0.2) is 281 Å². The Morgan fingerprint density at radius 3 is 1.05 bits per heavy atom. The van der Waals surface area contributed by atoms with Crippen molar-refractivity contribution in [2.24, 2.45) is 0 Å². The summed E-state index contributed by atoms with van der Waals surface area (Å²) >= 11 is 0. The molecule has 6 aliphatic heterocycles. The van der Waals surface area contributed by atoms with Crippen molar-refractivity contribution in [1.29, 1.82) is 0 Å². The summed E-state index contributed by atoms with van der Waals surface area (Å²) in [6.07, 6.45) is -29.7. The van der Waals surface area contributed by atoms with E-state index in [0.29, 0.717) is 42.5 Å². The topological polar surface area (TPSA) is 888 Å². The van der Waals surface area contributed by atoms with Crippen LogP contribution >= 0.6 is 0 Å². The lowest BCUT2D eigenvalue weighted by Gasteiger charge is -2.43. The second kappa shape index (κ2) is 32.6. The Morgan fingerprint density at radius 1 is 0.276 bits per heavy atom. The molecule has 0 radical (unpaired) electrons. The van der Waals surface area contributed by atoms with E-state index in [1.54, 1.807) is 0 Å². The summed E-state index contributed by atoms with van der Waals surface area (Å²) in [7, 11) is 0. The first-order valence-corrected chi connectivity index (χ1v) is 37.1. The number of hydrogen-bond acceptors (Lipinski definition) is 52. The van der Waals surface area contributed by atoms with E-state index in [1.807, 2.05) is 0 Å². The number of hydrogen-bond donors (Lipinski definition) is 30. The van der Waals surface area contributed by atoms with Gasteiger partial charge in [0.15, 0.2) is 169 Å². The number of fused-ring (bicyclic) bond motifs is 10. The van der Waals surface area contributed by atoms with E-state index < -0.39 is 407 Å². The molecule has 134 heavy (non-hydrogen) atoms. The van der Waals surface area contributed by atoms with Crippen molar-refractivity contribution in [1.82, 2.24) is 0 Å². The first kappa shape index (κ1) is 89.6. The number of ether oxygens (including phenoxy) is 12. The van der Waals surface area contributed by atoms with Crippen LogP contribution in [0.4, 0.5) is 0 Å². The molecule has 0 saturated carbocycles. The molecule has 0 aliphatic carbocycles. The fourth-order valence-electron chi connectivity index (χ4n) is 14.8. The first-order chi connectivity index (χ1) is 63.0. The van der Waals surface area contributed by atoms with Crippen LogP contribution in [0.15, 0.2) is 72.8 Å². The molecule has 4 bridgehead atoms. The van der Waals surface area contributed by atoms with E-state index in [4.69, 9.17) is 56.8 Å². The van der Waals surface area contributed by atoms with Gasteiger partial charge >= 0.3 is 59.7 Å². The van der Waals surface area contributed by atoms with Gasteiger partial charge in [-0.25, -0.2) is 47.9 Å². The van der Waals surface area contributed by atoms with Crippen LogP contribution in [0.25, 0.3) is 33.4 Å². The molecule has 52 heteroatoms. The van der Waals surface area contributed by atoms with Crippen LogP contribution in [-0.2, 0) is 52.1 Å². The summed E-state index contributed by atoms with van der Waals surface area (Å²) in [5.74, 6) is -69.5. The molecule has 30 N–H and O–H groups in total. The number of carbonyl (C=O) groups is 10. The summed E-state index contributed by atoms with van der Waals surface area (Å²) in [6.45, 7) is -3.53. The van der Waals surface area contributed by atoms with Gasteiger partial charge in [0.25, 0.3) is 0 Å². The predicted octanol–water partition coefficient (Wildman–Crippen LogP) is 3.40. The van der Waals surface area contributed by atoms with Crippen LogP contribution in [0.2, 0.25) is 0 Å². The zero-order valence-electron chi connectivity index (χ0n) is 65.5. The van der Waals surface area contributed by atoms with Gasteiger partial charge in [0.05, 0.1) is 50.1 Å². The van der Waals surface area contributed by atoms with Crippen LogP contribution in [0.3, 0.4) is 0 Å². The molecule has 6 aliphatic rings.